The van der Waals surface area contributed by atoms with Crippen LogP contribution in [-0.2, 0) is 6.42 Å². The van der Waals surface area contributed by atoms with E-state index in [0.717, 1.165) is 41.3 Å². The number of benzene rings is 2. The summed E-state index contributed by atoms with van der Waals surface area (Å²) in [7, 11) is 4.96. The van der Waals surface area contributed by atoms with Gasteiger partial charge in [-0.1, -0.05) is 0 Å². The molecule has 134 valence electrons. The first-order valence-electron chi connectivity index (χ1n) is 8.08. The fourth-order valence-electron chi connectivity index (χ4n) is 2.41. The molecule has 6 nitrogen and oxygen atoms in total. The Morgan fingerprint density at radius 1 is 0.960 bits per heavy atom. The van der Waals surface area contributed by atoms with E-state index in [1.54, 1.807) is 21.3 Å². The van der Waals surface area contributed by atoms with Crippen LogP contribution in [0.3, 0.4) is 0 Å². The van der Waals surface area contributed by atoms with Crippen LogP contribution in [0.1, 0.15) is 12.0 Å². The molecule has 2 rings (SSSR count). The van der Waals surface area contributed by atoms with Crippen molar-refractivity contribution in [3.63, 3.8) is 0 Å². The fourth-order valence-corrected chi connectivity index (χ4v) is 2.41. The Balaban J connectivity index is 1.85. The van der Waals surface area contributed by atoms with Crippen molar-refractivity contribution in [2.45, 2.75) is 12.8 Å². The van der Waals surface area contributed by atoms with Crippen LogP contribution in [0.2, 0.25) is 0 Å². The minimum Gasteiger partial charge on any atom is -0.497 e. The van der Waals surface area contributed by atoms with Crippen molar-refractivity contribution >= 4 is 11.6 Å². The Kier molecular flexibility index (Phi) is 6.95. The first-order chi connectivity index (χ1) is 12.2. The lowest BCUT2D eigenvalue weighted by molar-refractivity contribution is 0.398. The summed E-state index contributed by atoms with van der Waals surface area (Å²) in [5.74, 6) is 2.87. The Morgan fingerprint density at radius 3 is 2.28 bits per heavy atom. The highest BCUT2D eigenvalue weighted by molar-refractivity contribution is 5.92. The van der Waals surface area contributed by atoms with Crippen molar-refractivity contribution in [2.24, 2.45) is 10.7 Å². The van der Waals surface area contributed by atoms with Crippen LogP contribution in [0, 0.1) is 0 Å². The number of anilines is 1. The number of hydrogen-bond donors (Lipinski definition) is 2. The number of hydrogen-bond acceptors (Lipinski definition) is 4. The summed E-state index contributed by atoms with van der Waals surface area (Å²) in [4.78, 5) is 4.36. The van der Waals surface area contributed by atoms with Crippen LogP contribution in [0.25, 0.3) is 0 Å². The summed E-state index contributed by atoms with van der Waals surface area (Å²) < 4.78 is 15.8. The molecular formula is C19H25N3O3. The van der Waals surface area contributed by atoms with Gasteiger partial charge in [0.15, 0.2) is 5.96 Å². The molecule has 2 aromatic carbocycles. The van der Waals surface area contributed by atoms with Crippen LogP contribution in [0.4, 0.5) is 5.69 Å². The van der Waals surface area contributed by atoms with Crippen molar-refractivity contribution < 1.29 is 14.2 Å². The molecule has 0 aromatic heterocycles. The normalized spacial score (nSPS) is 11.1. The van der Waals surface area contributed by atoms with Gasteiger partial charge in [-0.3, -0.25) is 4.99 Å². The van der Waals surface area contributed by atoms with Crippen LogP contribution in [0.15, 0.2) is 47.5 Å². The Hall–Kier alpha value is -2.89. The van der Waals surface area contributed by atoms with Gasteiger partial charge in [0.25, 0.3) is 0 Å². The third kappa shape index (κ3) is 5.60. The summed E-state index contributed by atoms with van der Waals surface area (Å²) in [6, 6.07) is 13.3. The first-order valence-corrected chi connectivity index (χ1v) is 8.08. The predicted octanol–water partition coefficient (Wildman–Crippen LogP) is 3.07. The topological polar surface area (TPSA) is 78.1 Å². The third-order valence-corrected chi connectivity index (χ3v) is 3.74. The lowest BCUT2D eigenvalue weighted by Gasteiger charge is -2.10. The Labute approximate surface area is 148 Å². The molecule has 0 radical (unpaired) electrons. The Bertz CT molecular complexity index is 700. The van der Waals surface area contributed by atoms with Crippen molar-refractivity contribution in [1.29, 1.82) is 0 Å². The van der Waals surface area contributed by atoms with E-state index in [0.29, 0.717) is 12.5 Å². The second kappa shape index (κ2) is 9.42. The number of methoxy groups -OCH3 is 3. The third-order valence-electron chi connectivity index (χ3n) is 3.74. The van der Waals surface area contributed by atoms with Gasteiger partial charge in [-0.2, -0.15) is 0 Å². The Morgan fingerprint density at radius 2 is 1.64 bits per heavy atom. The van der Waals surface area contributed by atoms with E-state index in [1.807, 2.05) is 42.5 Å². The molecule has 0 saturated carbocycles. The average Bonchev–Trinajstić information content (AvgIpc) is 2.65. The summed E-state index contributed by atoms with van der Waals surface area (Å²) in [5, 5.41) is 3.06. The number of nitrogens with two attached hydrogens (primary N) is 1. The number of ether oxygens (including phenoxy) is 3. The van der Waals surface area contributed by atoms with Crippen LogP contribution < -0.4 is 25.3 Å². The van der Waals surface area contributed by atoms with Crippen LogP contribution in [-0.4, -0.2) is 33.8 Å². The van der Waals surface area contributed by atoms with Gasteiger partial charge in [0.2, 0.25) is 0 Å². The quantitative estimate of drug-likeness (QED) is 0.437. The summed E-state index contributed by atoms with van der Waals surface area (Å²) in [6.45, 7) is 0.620. The summed E-state index contributed by atoms with van der Waals surface area (Å²) in [6.07, 6.45) is 1.69. The molecule has 0 bridgehead atoms. The van der Waals surface area contributed by atoms with E-state index in [1.165, 1.54) is 0 Å². The molecule has 25 heavy (non-hydrogen) atoms. The maximum Gasteiger partial charge on any atom is 0.193 e. The van der Waals surface area contributed by atoms with Gasteiger partial charge in [-0.15, -0.1) is 0 Å². The number of nitrogens with one attached hydrogen (secondary N) is 1. The number of guanidine groups is 1. The van der Waals surface area contributed by atoms with E-state index < -0.39 is 0 Å². The fraction of sp³-hybridized carbons (Fsp3) is 0.316. The monoisotopic (exact) mass is 343 g/mol. The standard InChI is InChI=1S/C19H25N3O3/c1-23-16-8-6-15(7-9-16)22-19(20)21-12-4-5-14-13-17(24-2)10-11-18(14)25-3/h6-11,13H,4-5,12H2,1-3H3,(H3,20,21,22). The number of aliphatic imine (C=N–C) groups is 1. The van der Waals surface area contributed by atoms with Gasteiger partial charge < -0.3 is 25.3 Å². The van der Waals surface area contributed by atoms with E-state index in [2.05, 4.69) is 10.3 Å². The number of aryl methyl sites for hydroxylation is 1. The number of nitrogens with zero attached hydrogens (tertiary/aromatic N) is 1. The predicted molar refractivity (Wildman–Crippen MR) is 101 cm³/mol. The molecule has 0 saturated heterocycles. The van der Waals surface area contributed by atoms with Crippen molar-refractivity contribution in [3.05, 3.63) is 48.0 Å². The van der Waals surface area contributed by atoms with Gasteiger partial charge in [0, 0.05) is 12.2 Å². The molecule has 0 spiro atoms. The minimum absolute atomic E-state index is 0.391. The SMILES string of the molecule is COc1ccc(NC(N)=NCCCc2cc(OC)ccc2OC)cc1. The molecule has 0 amide bonds. The van der Waals surface area contributed by atoms with Gasteiger partial charge in [0.1, 0.15) is 17.2 Å². The maximum atomic E-state index is 5.92. The highest BCUT2D eigenvalue weighted by Crippen LogP contribution is 2.25. The minimum atomic E-state index is 0.391. The molecule has 0 aliphatic rings. The zero-order valence-corrected chi connectivity index (χ0v) is 14.9. The molecule has 2 aromatic rings. The smallest absolute Gasteiger partial charge is 0.193 e. The lowest BCUT2D eigenvalue weighted by Crippen LogP contribution is -2.22. The van der Waals surface area contributed by atoms with Gasteiger partial charge in [0.05, 0.1) is 21.3 Å². The molecule has 0 unspecified atom stereocenters. The number of rotatable bonds is 8. The van der Waals surface area contributed by atoms with Crippen molar-refractivity contribution in [2.75, 3.05) is 33.2 Å². The zero-order valence-electron chi connectivity index (χ0n) is 14.9. The zero-order chi connectivity index (χ0) is 18.1. The van der Waals surface area contributed by atoms with Gasteiger partial charge in [-0.25, -0.2) is 0 Å². The van der Waals surface area contributed by atoms with E-state index in [-0.39, 0.29) is 0 Å². The summed E-state index contributed by atoms with van der Waals surface area (Å²) >= 11 is 0. The van der Waals surface area contributed by atoms with Crippen LogP contribution in [0.5, 0.6) is 17.2 Å². The first kappa shape index (κ1) is 18.4. The molecule has 0 atom stereocenters. The van der Waals surface area contributed by atoms with Crippen LogP contribution >= 0.6 is 0 Å². The molecule has 6 heteroatoms. The highest BCUT2D eigenvalue weighted by atomic mass is 16.5. The molecule has 0 aliphatic heterocycles. The molecular weight excluding hydrogens is 318 g/mol. The maximum absolute atomic E-state index is 5.92. The van der Waals surface area contributed by atoms with E-state index >= 15 is 0 Å². The summed E-state index contributed by atoms with van der Waals surface area (Å²) in [5.41, 5.74) is 7.89. The van der Waals surface area contributed by atoms with Gasteiger partial charge >= 0.3 is 0 Å². The highest BCUT2D eigenvalue weighted by Gasteiger charge is 2.05. The van der Waals surface area contributed by atoms with E-state index in [4.69, 9.17) is 19.9 Å². The van der Waals surface area contributed by atoms with Crippen molar-refractivity contribution in [1.82, 2.24) is 0 Å². The molecule has 0 aliphatic carbocycles. The molecule has 0 heterocycles. The van der Waals surface area contributed by atoms with Gasteiger partial charge in [-0.05, 0) is 60.9 Å². The molecule has 0 fully saturated rings. The second-order valence-electron chi connectivity index (χ2n) is 5.40. The lowest BCUT2D eigenvalue weighted by atomic mass is 10.1. The van der Waals surface area contributed by atoms with E-state index in [9.17, 15) is 0 Å². The van der Waals surface area contributed by atoms with Crippen molar-refractivity contribution in [3.8, 4) is 17.2 Å². The second-order valence-corrected chi connectivity index (χ2v) is 5.40. The largest absolute Gasteiger partial charge is 0.497 e. The average molecular weight is 343 g/mol. The molecule has 3 N–H and O–H groups in total.